The van der Waals surface area contributed by atoms with Gasteiger partial charge in [-0.15, -0.1) is 17.5 Å². The summed E-state index contributed by atoms with van der Waals surface area (Å²) in [4.78, 5) is 23.2. The summed E-state index contributed by atoms with van der Waals surface area (Å²) in [5.74, 6) is -0.705. The van der Waals surface area contributed by atoms with Crippen LogP contribution in [0.4, 0.5) is 17.1 Å². The first-order valence-corrected chi connectivity index (χ1v) is 4.93. The summed E-state index contributed by atoms with van der Waals surface area (Å²) in [6.07, 6.45) is 0. The minimum atomic E-state index is -0.804. The quantitative estimate of drug-likeness (QED) is 0.253. The van der Waals surface area contributed by atoms with E-state index in [2.05, 4.69) is 15.5 Å². The van der Waals surface area contributed by atoms with Gasteiger partial charge in [0.25, 0.3) is 5.69 Å². The third-order valence-electron chi connectivity index (χ3n) is 1.92. The van der Waals surface area contributed by atoms with E-state index < -0.39 is 21.2 Å². The number of rotatable bonds is 4. The van der Waals surface area contributed by atoms with E-state index >= 15 is 0 Å². The monoisotopic (exact) mass is 318 g/mol. The number of nitrogens with one attached hydrogen (secondary N) is 1. The predicted molar refractivity (Wildman–Crippen MR) is 78.1 cm³/mol. The van der Waals surface area contributed by atoms with Crippen LogP contribution in [0, 0.1) is 20.2 Å². The zero-order valence-electron chi connectivity index (χ0n) is 10.3. The molecule has 0 aliphatic rings. The molecule has 0 fully saturated rings. The fourth-order valence-electron chi connectivity index (χ4n) is 1.15. The second kappa shape index (κ2) is 7.44. The Hall–Kier alpha value is -3.15. The molecule has 13 heteroatoms. The SMILES string of the molecule is Cl.NC(N)=N/C(N)=N/Nc1ccc([N+](=O)[O-])cc1[N+](=O)[O-]. The van der Waals surface area contributed by atoms with E-state index in [4.69, 9.17) is 17.2 Å². The van der Waals surface area contributed by atoms with Gasteiger partial charge in [-0.25, -0.2) is 0 Å². The number of nitrogens with two attached hydrogens (primary N) is 3. The molecule has 7 N–H and O–H groups in total. The Labute approximate surface area is 123 Å². The Kier molecular flexibility index (Phi) is 6.33. The molecule has 1 aromatic carbocycles. The van der Waals surface area contributed by atoms with E-state index in [9.17, 15) is 20.2 Å². The van der Waals surface area contributed by atoms with Gasteiger partial charge in [0.1, 0.15) is 5.69 Å². The molecule has 0 atom stereocenters. The van der Waals surface area contributed by atoms with Crippen LogP contribution in [0.15, 0.2) is 28.3 Å². The molecule has 12 nitrogen and oxygen atoms in total. The van der Waals surface area contributed by atoms with Crippen molar-refractivity contribution in [3.05, 3.63) is 38.4 Å². The topological polar surface area (TPSA) is 201 Å². The molecular formula is C8H11ClN8O4. The molecular weight excluding hydrogens is 308 g/mol. The maximum absolute atomic E-state index is 10.8. The van der Waals surface area contributed by atoms with E-state index in [0.717, 1.165) is 18.2 Å². The number of non-ortho nitro benzene ring substituents is 1. The van der Waals surface area contributed by atoms with Crippen molar-refractivity contribution in [2.24, 2.45) is 27.3 Å². The number of anilines is 1. The molecule has 21 heavy (non-hydrogen) atoms. The van der Waals surface area contributed by atoms with Crippen molar-refractivity contribution < 1.29 is 9.85 Å². The minimum absolute atomic E-state index is 0. The molecule has 0 amide bonds. The van der Waals surface area contributed by atoms with Crippen LogP contribution >= 0.6 is 12.4 Å². The number of hydrogen-bond donors (Lipinski definition) is 4. The molecule has 0 saturated carbocycles. The summed E-state index contributed by atoms with van der Waals surface area (Å²) < 4.78 is 0. The highest BCUT2D eigenvalue weighted by Gasteiger charge is 2.19. The molecule has 0 aliphatic carbocycles. The van der Waals surface area contributed by atoms with Gasteiger partial charge in [-0.2, -0.15) is 4.99 Å². The van der Waals surface area contributed by atoms with Gasteiger partial charge < -0.3 is 17.2 Å². The van der Waals surface area contributed by atoms with E-state index in [-0.39, 0.29) is 30.0 Å². The van der Waals surface area contributed by atoms with Crippen LogP contribution in [0.25, 0.3) is 0 Å². The number of guanidine groups is 2. The molecule has 0 heterocycles. The number of nitro groups is 2. The minimum Gasteiger partial charge on any atom is -0.370 e. The number of benzene rings is 1. The van der Waals surface area contributed by atoms with E-state index in [1.54, 1.807) is 0 Å². The highest BCUT2D eigenvalue weighted by molar-refractivity contribution is 5.92. The first-order valence-electron chi connectivity index (χ1n) is 4.93. The first kappa shape index (κ1) is 17.8. The lowest BCUT2D eigenvalue weighted by atomic mass is 10.2. The zero-order valence-corrected chi connectivity index (χ0v) is 11.1. The fourth-order valence-corrected chi connectivity index (χ4v) is 1.15. The summed E-state index contributed by atoms with van der Waals surface area (Å²) >= 11 is 0. The smallest absolute Gasteiger partial charge is 0.301 e. The van der Waals surface area contributed by atoms with Crippen LogP contribution < -0.4 is 22.6 Å². The first-order chi connectivity index (χ1) is 9.31. The number of halogens is 1. The lowest BCUT2D eigenvalue weighted by Crippen LogP contribution is -2.26. The molecule has 0 aromatic heterocycles. The zero-order chi connectivity index (χ0) is 15.3. The number of hydrazone groups is 1. The van der Waals surface area contributed by atoms with Crippen LogP contribution in [0.3, 0.4) is 0 Å². The van der Waals surface area contributed by atoms with Crippen LogP contribution in [0.1, 0.15) is 0 Å². The van der Waals surface area contributed by atoms with E-state index in [0.29, 0.717) is 0 Å². The Morgan fingerprint density at radius 1 is 1.14 bits per heavy atom. The third kappa shape index (κ3) is 5.15. The summed E-state index contributed by atoms with van der Waals surface area (Å²) in [7, 11) is 0. The Morgan fingerprint density at radius 3 is 2.24 bits per heavy atom. The van der Waals surface area contributed by atoms with Gasteiger partial charge in [0.2, 0.25) is 5.96 Å². The lowest BCUT2D eigenvalue weighted by Gasteiger charge is -2.02. The van der Waals surface area contributed by atoms with Crippen molar-refractivity contribution >= 4 is 41.4 Å². The number of aliphatic imine (C=N–C) groups is 1. The van der Waals surface area contributed by atoms with Crippen molar-refractivity contribution in [2.75, 3.05) is 5.43 Å². The molecule has 1 rings (SSSR count). The third-order valence-corrected chi connectivity index (χ3v) is 1.92. The van der Waals surface area contributed by atoms with Gasteiger partial charge in [-0.3, -0.25) is 25.7 Å². The molecule has 0 unspecified atom stereocenters. The van der Waals surface area contributed by atoms with Gasteiger partial charge in [0, 0.05) is 6.07 Å². The maximum atomic E-state index is 10.8. The fraction of sp³-hybridized carbons (Fsp3) is 0. The summed E-state index contributed by atoms with van der Waals surface area (Å²) in [5, 5.41) is 24.8. The van der Waals surface area contributed by atoms with Crippen LogP contribution in [0.5, 0.6) is 0 Å². The van der Waals surface area contributed by atoms with Gasteiger partial charge in [0.15, 0.2) is 5.96 Å². The van der Waals surface area contributed by atoms with Gasteiger partial charge in [-0.05, 0) is 6.07 Å². The highest BCUT2D eigenvalue weighted by atomic mass is 35.5. The number of nitro benzene ring substituents is 2. The predicted octanol–water partition coefficient (Wildman–Crippen LogP) is -0.160. The number of nitrogens with zero attached hydrogens (tertiary/aromatic N) is 4. The van der Waals surface area contributed by atoms with Crippen molar-refractivity contribution in [2.45, 2.75) is 0 Å². The van der Waals surface area contributed by atoms with E-state index in [1.165, 1.54) is 0 Å². The number of hydrogen-bond acceptors (Lipinski definition) is 6. The molecule has 0 saturated heterocycles. The lowest BCUT2D eigenvalue weighted by molar-refractivity contribution is -0.393. The molecule has 0 aliphatic heterocycles. The highest BCUT2D eigenvalue weighted by Crippen LogP contribution is 2.28. The van der Waals surface area contributed by atoms with Crippen molar-refractivity contribution in [1.82, 2.24) is 0 Å². The molecule has 0 bridgehead atoms. The van der Waals surface area contributed by atoms with E-state index in [1.807, 2.05) is 0 Å². The standard InChI is InChI=1S/C8H10N8O4.ClH/c9-7(10)12-8(11)14-13-5-2-1-4(15(17)18)3-6(5)16(19)20;/h1-3,13H,(H6,9,10,11,12,14);1H. The normalized spacial score (nSPS) is 10.2. The van der Waals surface area contributed by atoms with Crippen LogP contribution in [-0.4, -0.2) is 21.8 Å². The van der Waals surface area contributed by atoms with Crippen LogP contribution in [0.2, 0.25) is 0 Å². The van der Waals surface area contributed by atoms with Crippen molar-refractivity contribution in [1.29, 1.82) is 0 Å². The maximum Gasteiger partial charge on any atom is 0.301 e. The average Bonchev–Trinajstić information content (AvgIpc) is 2.35. The Morgan fingerprint density at radius 2 is 1.76 bits per heavy atom. The largest absolute Gasteiger partial charge is 0.370 e. The van der Waals surface area contributed by atoms with Crippen molar-refractivity contribution in [3.63, 3.8) is 0 Å². The molecule has 114 valence electrons. The van der Waals surface area contributed by atoms with Gasteiger partial charge in [-0.1, -0.05) is 0 Å². The second-order valence-corrected chi connectivity index (χ2v) is 3.33. The summed E-state index contributed by atoms with van der Waals surface area (Å²) in [6.45, 7) is 0. The van der Waals surface area contributed by atoms with Gasteiger partial charge in [0.05, 0.1) is 15.9 Å². The summed E-state index contributed by atoms with van der Waals surface area (Å²) in [5.41, 5.74) is 16.6. The van der Waals surface area contributed by atoms with Crippen LogP contribution in [-0.2, 0) is 0 Å². The average molecular weight is 319 g/mol. The second-order valence-electron chi connectivity index (χ2n) is 3.33. The molecule has 1 aromatic rings. The molecule has 0 radical (unpaired) electrons. The Bertz CT molecular complexity index is 612. The Balaban J connectivity index is 0.00000400. The summed E-state index contributed by atoms with van der Waals surface area (Å²) in [6, 6.07) is 2.97. The molecule has 0 spiro atoms. The van der Waals surface area contributed by atoms with Crippen molar-refractivity contribution in [3.8, 4) is 0 Å². The van der Waals surface area contributed by atoms with Gasteiger partial charge >= 0.3 is 5.69 Å².